The van der Waals surface area contributed by atoms with Crippen LogP contribution in [-0.4, -0.2) is 8.32 Å². The van der Waals surface area contributed by atoms with Gasteiger partial charge in [-0.25, -0.2) is 0 Å². The molecule has 5 heteroatoms. The zero-order valence-electron chi connectivity index (χ0n) is 20.7. The molecular formula is C28H37F3OSi. The Morgan fingerprint density at radius 2 is 1.52 bits per heavy atom. The van der Waals surface area contributed by atoms with Crippen LogP contribution in [0.2, 0.25) is 19.6 Å². The molecule has 180 valence electrons. The van der Waals surface area contributed by atoms with Crippen LogP contribution in [0.3, 0.4) is 0 Å². The van der Waals surface area contributed by atoms with Gasteiger partial charge in [-0.3, -0.25) is 0 Å². The smallest absolute Gasteiger partial charge is 0.416 e. The van der Waals surface area contributed by atoms with Crippen LogP contribution in [0.5, 0.6) is 0 Å². The lowest BCUT2D eigenvalue weighted by Crippen LogP contribution is -2.41. The topological polar surface area (TPSA) is 9.23 Å². The first-order valence-corrected chi connectivity index (χ1v) is 15.3. The summed E-state index contributed by atoms with van der Waals surface area (Å²) in [5.74, 6) is 2.12. The number of benzene rings is 2. The lowest BCUT2D eigenvalue weighted by Gasteiger charge is -2.46. The molecule has 1 saturated carbocycles. The van der Waals surface area contributed by atoms with Crippen LogP contribution in [0.15, 0.2) is 60.4 Å². The summed E-state index contributed by atoms with van der Waals surface area (Å²) in [6, 6.07) is 16.1. The van der Waals surface area contributed by atoms with Gasteiger partial charge in [0, 0.05) is 5.92 Å². The molecule has 3 rings (SSSR count). The zero-order chi connectivity index (χ0) is 24.4. The summed E-state index contributed by atoms with van der Waals surface area (Å²) in [4.78, 5) is 0. The van der Waals surface area contributed by atoms with Crippen molar-refractivity contribution in [3.63, 3.8) is 0 Å². The van der Waals surface area contributed by atoms with Gasteiger partial charge in [0.15, 0.2) is 0 Å². The minimum absolute atomic E-state index is 0.0475. The highest BCUT2D eigenvalue weighted by Gasteiger charge is 2.42. The molecule has 1 fully saturated rings. The Morgan fingerprint density at radius 3 is 2.06 bits per heavy atom. The van der Waals surface area contributed by atoms with E-state index < -0.39 is 20.1 Å². The highest BCUT2D eigenvalue weighted by Crippen LogP contribution is 2.49. The molecule has 1 aliphatic rings. The Kier molecular flexibility index (Phi) is 7.52. The quantitative estimate of drug-likeness (QED) is 0.300. The maximum absolute atomic E-state index is 13.0. The van der Waals surface area contributed by atoms with Crippen molar-refractivity contribution in [3.8, 4) is 0 Å². The third-order valence-electron chi connectivity index (χ3n) is 6.89. The van der Waals surface area contributed by atoms with Crippen molar-refractivity contribution in [2.75, 3.05) is 0 Å². The molecule has 0 bridgehead atoms. The van der Waals surface area contributed by atoms with E-state index in [9.17, 15) is 13.2 Å². The molecule has 2 aromatic rings. The van der Waals surface area contributed by atoms with Gasteiger partial charge < -0.3 is 4.43 Å². The van der Waals surface area contributed by atoms with E-state index in [1.165, 1.54) is 12.0 Å². The van der Waals surface area contributed by atoms with Gasteiger partial charge in [-0.05, 0) is 79.1 Å². The second-order valence-electron chi connectivity index (χ2n) is 11.1. The van der Waals surface area contributed by atoms with Crippen molar-refractivity contribution in [1.29, 1.82) is 0 Å². The van der Waals surface area contributed by atoms with Crippen molar-refractivity contribution < 1.29 is 17.6 Å². The van der Waals surface area contributed by atoms with E-state index in [2.05, 4.69) is 64.7 Å². The van der Waals surface area contributed by atoms with Gasteiger partial charge >= 0.3 is 6.18 Å². The fourth-order valence-electron chi connectivity index (χ4n) is 5.14. The Bertz CT molecular complexity index is 940. The number of halogens is 3. The Balaban J connectivity index is 2.03. The summed E-state index contributed by atoms with van der Waals surface area (Å²) in [5, 5.41) is 0. The summed E-state index contributed by atoms with van der Waals surface area (Å²) in [6.45, 7) is 13.4. The molecule has 0 heterocycles. The van der Waals surface area contributed by atoms with E-state index in [0.717, 1.165) is 36.3 Å². The number of hydrogen-bond donors (Lipinski definition) is 0. The minimum Gasteiger partial charge on any atom is -0.547 e. The van der Waals surface area contributed by atoms with Crippen molar-refractivity contribution in [1.82, 2.24) is 0 Å². The fraction of sp³-hybridized carbons (Fsp3) is 0.500. The van der Waals surface area contributed by atoms with Gasteiger partial charge in [-0.1, -0.05) is 69.7 Å². The van der Waals surface area contributed by atoms with Crippen LogP contribution in [0.25, 0.3) is 6.08 Å². The summed E-state index contributed by atoms with van der Waals surface area (Å²) < 4.78 is 45.8. The van der Waals surface area contributed by atoms with Gasteiger partial charge in [0.2, 0.25) is 8.32 Å². The number of alkyl halides is 3. The summed E-state index contributed by atoms with van der Waals surface area (Å²) >= 11 is 0. The standard InChI is InChI=1S/C28H37F3OSi/c1-20-12-17-25(27(2,3)22-10-8-7-9-11-22)24(18-20)26(32-33(4,5)6)19-21-13-15-23(16-14-21)28(29,30)31/h7-11,13-16,19-20,24-25H,12,17-18H2,1-6H3/b26-19-/t20-,24-,25-/m1/s1. The molecule has 0 N–H and O–H groups in total. The minimum atomic E-state index is -4.33. The molecule has 0 spiro atoms. The van der Waals surface area contributed by atoms with Crippen LogP contribution < -0.4 is 0 Å². The van der Waals surface area contributed by atoms with Gasteiger partial charge in [0.25, 0.3) is 0 Å². The molecule has 0 saturated heterocycles. The summed E-state index contributed by atoms with van der Waals surface area (Å²) in [5.41, 5.74) is 1.40. The molecule has 1 nitrogen and oxygen atoms in total. The third-order valence-corrected chi connectivity index (χ3v) is 7.74. The molecule has 33 heavy (non-hydrogen) atoms. The van der Waals surface area contributed by atoms with Crippen molar-refractivity contribution in [2.24, 2.45) is 17.8 Å². The van der Waals surface area contributed by atoms with Crippen LogP contribution in [0, 0.1) is 17.8 Å². The molecule has 3 atom stereocenters. The number of hydrogen-bond acceptors (Lipinski definition) is 1. The highest BCUT2D eigenvalue weighted by atomic mass is 28.4. The second kappa shape index (κ2) is 9.69. The highest BCUT2D eigenvalue weighted by molar-refractivity contribution is 6.70. The predicted molar refractivity (Wildman–Crippen MR) is 133 cm³/mol. The zero-order valence-corrected chi connectivity index (χ0v) is 21.7. The molecule has 0 aromatic heterocycles. The molecule has 0 amide bonds. The van der Waals surface area contributed by atoms with Crippen molar-refractivity contribution in [2.45, 2.75) is 71.3 Å². The van der Waals surface area contributed by atoms with Gasteiger partial charge in [0.1, 0.15) is 0 Å². The number of allylic oxidation sites excluding steroid dienone is 1. The van der Waals surface area contributed by atoms with Gasteiger partial charge in [0.05, 0.1) is 11.3 Å². The number of rotatable bonds is 6. The first-order valence-electron chi connectivity index (χ1n) is 11.9. The molecule has 1 aliphatic carbocycles. The van der Waals surface area contributed by atoms with E-state index in [1.807, 2.05) is 12.1 Å². The third kappa shape index (κ3) is 6.53. The van der Waals surface area contributed by atoms with Crippen molar-refractivity contribution in [3.05, 3.63) is 77.0 Å². The molecule has 0 aliphatic heterocycles. The van der Waals surface area contributed by atoms with Crippen LogP contribution in [0.4, 0.5) is 13.2 Å². The van der Waals surface area contributed by atoms with E-state index in [4.69, 9.17) is 4.43 Å². The maximum atomic E-state index is 13.0. The predicted octanol–water partition coefficient (Wildman–Crippen LogP) is 8.93. The Labute approximate surface area is 198 Å². The van der Waals surface area contributed by atoms with E-state index >= 15 is 0 Å². The average Bonchev–Trinajstić information content (AvgIpc) is 2.72. The summed E-state index contributed by atoms with van der Waals surface area (Å²) in [6.07, 6.45) is 0.974. The molecule has 0 radical (unpaired) electrons. The van der Waals surface area contributed by atoms with Crippen LogP contribution >= 0.6 is 0 Å². The fourth-order valence-corrected chi connectivity index (χ4v) is 6.06. The van der Waals surface area contributed by atoms with Gasteiger partial charge in [-0.15, -0.1) is 0 Å². The second-order valence-corrected chi connectivity index (χ2v) is 15.5. The normalized spacial score (nSPS) is 22.8. The van der Waals surface area contributed by atoms with Crippen molar-refractivity contribution >= 4 is 14.4 Å². The van der Waals surface area contributed by atoms with Gasteiger partial charge in [-0.2, -0.15) is 13.2 Å². The maximum Gasteiger partial charge on any atom is 0.416 e. The van der Waals surface area contributed by atoms with E-state index in [0.29, 0.717) is 11.8 Å². The molecular weight excluding hydrogens is 437 g/mol. The van der Waals surface area contributed by atoms with Crippen LogP contribution in [0.1, 0.15) is 56.7 Å². The first kappa shape index (κ1) is 25.6. The average molecular weight is 475 g/mol. The molecule has 2 aromatic carbocycles. The Hall–Kier alpha value is -2.01. The molecule has 0 unspecified atom stereocenters. The SMILES string of the molecule is C[C@@H]1CC[C@@H](C(C)(C)c2ccccc2)[C@H](/C(=C/c2ccc(C(F)(F)F)cc2)O[Si](C)(C)C)C1. The lowest BCUT2D eigenvalue weighted by molar-refractivity contribution is -0.137. The lowest BCUT2D eigenvalue weighted by atomic mass is 9.60. The van der Waals surface area contributed by atoms with E-state index in [-0.39, 0.29) is 11.3 Å². The summed E-state index contributed by atoms with van der Waals surface area (Å²) in [7, 11) is -1.94. The van der Waals surface area contributed by atoms with E-state index in [1.54, 1.807) is 12.1 Å². The van der Waals surface area contributed by atoms with Crippen LogP contribution in [-0.2, 0) is 16.0 Å². The monoisotopic (exact) mass is 474 g/mol. The first-order chi connectivity index (χ1) is 15.3. The Morgan fingerprint density at radius 1 is 0.909 bits per heavy atom. The largest absolute Gasteiger partial charge is 0.547 e.